The van der Waals surface area contributed by atoms with Crippen molar-refractivity contribution in [1.82, 2.24) is 5.32 Å². The minimum atomic E-state index is -0.0152. The van der Waals surface area contributed by atoms with E-state index in [4.69, 9.17) is 5.73 Å². The molecule has 1 aliphatic rings. The molecule has 0 spiro atoms. The monoisotopic (exact) mass is 268 g/mol. The highest BCUT2D eigenvalue weighted by molar-refractivity contribution is 5.95. The Morgan fingerprint density at radius 3 is 2.67 bits per heavy atom. The molecule has 4 heteroatoms. The Bertz CT molecular complexity index is 430. The molecule has 1 aromatic rings. The molecule has 3 N–H and O–H groups in total. The first-order chi connectivity index (χ1) is 8.08. The van der Waals surface area contributed by atoms with Gasteiger partial charge in [0.2, 0.25) is 0 Å². The SMILES string of the molecule is Cc1ccc(C(=O)NCC(N)C2CC2)c(C)c1.Cl. The van der Waals surface area contributed by atoms with Crippen LogP contribution >= 0.6 is 12.4 Å². The molecule has 1 fully saturated rings. The summed E-state index contributed by atoms with van der Waals surface area (Å²) in [6.07, 6.45) is 2.42. The highest BCUT2D eigenvalue weighted by atomic mass is 35.5. The molecule has 0 heterocycles. The van der Waals surface area contributed by atoms with Gasteiger partial charge in [0.05, 0.1) is 0 Å². The maximum absolute atomic E-state index is 12.0. The topological polar surface area (TPSA) is 55.1 Å². The molecule has 18 heavy (non-hydrogen) atoms. The number of nitrogens with two attached hydrogens (primary N) is 1. The lowest BCUT2D eigenvalue weighted by Crippen LogP contribution is -2.38. The molecule has 3 nitrogen and oxygen atoms in total. The summed E-state index contributed by atoms with van der Waals surface area (Å²) >= 11 is 0. The van der Waals surface area contributed by atoms with E-state index in [1.807, 2.05) is 32.0 Å². The fourth-order valence-electron chi connectivity index (χ4n) is 2.07. The van der Waals surface area contributed by atoms with Crippen LogP contribution in [0.4, 0.5) is 0 Å². The van der Waals surface area contributed by atoms with Crippen LogP contribution in [0.15, 0.2) is 18.2 Å². The number of carbonyl (C=O) groups excluding carboxylic acids is 1. The maximum Gasteiger partial charge on any atom is 0.251 e. The summed E-state index contributed by atoms with van der Waals surface area (Å²) < 4.78 is 0. The zero-order valence-electron chi connectivity index (χ0n) is 10.9. The van der Waals surface area contributed by atoms with Crippen molar-refractivity contribution in [2.75, 3.05) is 6.54 Å². The molecule has 1 saturated carbocycles. The largest absolute Gasteiger partial charge is 0.350 e. The average Bonchev–Trinajstić information content (AvgIpc) is 3.09. The van der Waals surface area contributed by atoms with Gasteiger partial charge in [-0.05, 0) is 44.2 Å². The second-order valence-electron chi connectivity index (χ2n) is 5.03. The zero-order chi connectivity index (χ0) is 12.4. The van der Waals surface area contributed by atoms with Gasteiger partial charge in [-0.3, -0.25) is 4.79 Å². The lowest BCUT2D eigenvalue weighted by atomic mass is 10.1. The molecule has 0 radical (unpaired) electrons. The number of nitrogens with one attached hydrogen (secondary N) is 1. The summed E-state index contributed by atoms with van der Waals surface area (Å²) in [4.78, 5) is 12.0. The summed E-state index contributed by atoms with van der Waals surface area (Å²) in [6.45, 7) is 4.57. The van der Waals surface area contributed by atoms with Gasteiger partial charge in [0.1, 0.15) is 0 Å². The van der Waals surface area contributed by atoms with Gasteiger partial charge in [-0.1, -0.05) is 17.7 Å². The highest BCUT2D eigenvalue weighted by Crippen LogP contribution is 2.31. The van der Waals surface area contributed by atoms with Crippen LogP contribution < -0.4 is 11.1 Å². The van der Waals surface area contributed by atoms with Crippen LogP contribution in [0.1, 0.15) is 34.3 Å². The Kier molecular flexibility index (Phi) is 5.17. The fraction of sp³-hybridized carbons (Fsp3) is 0.500. The Balaban J connectivity index is 0.00000162. The van der Waals surface area contributed by atoms with Gasteiger partial charge in [-0.15, -0.1) is 12.4 Å². The number of carbonyl (C=O) groups is 1. The molecular formula is C14H21ClN2O. The summed E-state index contributed by atoms with van der Waals surface area (Å²) in [7, 11) is 0. The van der Waals surface area contributed by atoms with E-state index in [1.165, 1.54) is 18.4 Å². The Hall–Kier alpha value is -1.06. The quantitative estimate of drug-likeness (QED) is 0.880. The van der Waals surface area contributed by atoms with Gasteiger partial charge in [0, 0.05) is 18.2 Å². The number of rotatable bonds is 4. The van der Waals surface area contributed by atoms with Crippen LogP contribution in [0.25, 0.3) is 0 Å². The second-order valence-corrected chi connectivity index (χ2v) is 5.03. The third kappa shape index (κ3) is 3.72. The molecule has 2 rings (SSSR count). The molecule has 1 unspecified atom stereocenters. The molecule has 1 aromatic carbocycles. The summed E-state index contributed by atoms with van der Waals surface area (Å²) in [5.41, 5.74) is 8.89. The standard InChI is InChI=1S/C14H20N2O.ClH/c1-9-3-6-12(10(2)7-9)14(17)16-8-13(15)11-4-5-11;/h3,6-7,11,13H,4-5,8,15H2,1-2H3,(H,16,17);1H. The van der Waals surface area contributed by atoms with E-state index in [9.17, 15) is 4.79 Å². The molecule has 1 amide bonds. The van der Waals surface area contributed by atoms with Crippen LogP contribution in [0.2, 0.25) is 0 Å². The normalized spacial score (nSPS) is 15.7. The molecule has 100 valence electrons. The smallest absolute Gasteiger partial charge is 0.251 e. The van der Waals surface area contributed by atoms with Gasteiger partial charge in [-0.2, -0.15) is 0 Å². The Morgan fingerprint density at radius 2 is 2.11 bits per heavy atom. The number of aryl methyl sites for hydroxylation is 2. The molecule has 0 saturated heterocycles. The Morgan fingerprint density at radius 1 is 1.44 bits per heavy atom. The predicted molar refractivity (Wildman–Crippen MR) is 76.2 cm³/mol. The number of amides is 1. The van der Waals surface area contributed by atoms with E-state index in [2.05, 4.69) is 5.32 Å². The van der Waals surface area contributed by atoms with E-state index < -0.39 is 0 Å². The van der Waals surface area contributed by atoms with Gasteiger partial charge in [-0.25, -0.2) is 0 Å². The van der Waals surface area contributed by atoms with Crippen molar-refractivity contribution in [3.63, 3.8) is 0 Å². The van der Waals surface area contributed by atoms with E-state index in [-0.39, 0.29) is 24.4 Å². The molecule has 1 atom stereocenters. The predicted octanol–water partition coefficient (Wildman–Crippen LogP) is 2.19. The van der Waals surface area contributed by atoms with Gasteiger partial charge < -0.3 is 11.1 Å². The first-order valence-corrected chi connectivity index (χ1v) is 6.19. The van der Waals surface area contributed by atoms with E-state index in [0.29, 0.717) is 12.5 Å². The van der Waals surface area contributed by atoms with Gasteiger partial charge >= 0.3 is 0 Å². The average molecular weight is 269 g/mol. The molecule has 1 aliphatic carbocycles. The first kappa shape index (κ1) is 15.0. The maximum atomic E-state index is 12.0. The van der Waals surface area contributed by atoms with Crippen LogP contribution in [0.3, 0.4) is 0 Å². The van der Waals surface area contributed by atoms with Crippen LogP contribution in [-0.4, -0.2) is 18.5 Å². The molecule has 0 aromatic heterocycles. The second kappa shape index (κ2) is 6.21. The molecular weight excluding hydrogens is 248 g/mol. The van der Waals surface area contributed by atoms with Crippen LogP contribution in [0.5, 0.6) is 0 Å². The van der Waals surface area contributed by atoms with Crippen molar-refractivity contribution >= 4 is 18.3 Å². The number of benzene rings is 1. The first-order valence-electron chi connectivity index (χ1n) is 6.19. The summed E-state index contributed by atoms with van der Waals surface area (Å²) in [6, 6.07) is 5.98. The van der Waals surface area contributed by atoms with Gasteiger partial charge in [0.25, 0.3) is 5.91 Å². The van der Waals surface area contributed by atoms with E-state index in [0.717, 1.165) is 11.1 Å². The van der Waals surface area contributed by atoms with Crippen LogP contribution in [-0.2, 0) is 0 Å². The fourth-order valence-corrected chi connectivity index (χ4v) is 2.07. The van der Waals surface area contributed by atoms with Crippen LogP contribution in [0, 0.1) is 19.8 Å². The number of halogens is 1. The highest BCUT2D eigenvalue weighted by Gasteiger charge is 2.28. The lowest BCUT2D eigenvalue weighted by Gasteiger charge is -2.12. The van der Waals surface area contributed by atoms with E-state index >= 15 is 0 Å². The lowest BCUT2D eigenvalue weighted by molar-refractivity contribution is 0.0949. The van der Waals surface area contributed by atoms with Crippen molar-refractivity contribution in [2.45, 2.75) is 32.7 Å². The minimum Gasteiger partial charge on any atom is -0.350 e. The summed E-state index contributed by atoms with van der Waals surface area (Å²) in [5, 5.41) is 2.92. The van der Waals surface area contributed by atoms with Crippen molar-refractivity contribution in [3.8, 4) is 0 Å². The van der Waals surface area contributed by atoms with Crippen molar-refractivity contribution in [3.05, 3.63) is 34.9 Å². The minimum absolute atomic E-state index is 0. The number of hydrogen-bond donors (Lipinski definition) is 2. The van der Waals surface area contributed by atoms with Crippen molar-refractivity contribution < 1.29 is 4.79 Å². The zero-order valence-corrected chi connectivity index (χ0v) is 11.7. The molecule has 0 aliphatic heterocycles. The van der Waals surface area contributed by atoms with Crippen molar-refractivity contribution in [2.24, 2.45) is 11.7 Å². The van der Waals surface area contributed by atoms with E-state index in [1.54, 1.807) is 0 Å². The van der Waals surface area contributed by atoms with Crippen molar-refractivity contribution in [1.29, 1.82) is 0 Å². The Labute approximate surface area is 115 Å². The van der Waals surface area contributed by atoms with Gasteiger partial charge in [0.15, 0.2) is 0 Å². The molecule has 0 bridgehead atoms. The summed E-state index contributed by atoms with van der Waals surface area (Å²) in [5.74, 6) is 0.605. The third-order valence-corrected chi connectivity index (χ3v) is 3.35. The third-order valence-electron chi connectivity index (χ3n) is 3.35. The number of hydrogen-bond acceptors (Lipinski definition) is 2.